The topological polar surface area (TPSA) is 12.4 Å². The van der Waals surface area contributed by atoms with Crippen molar-refractivity contribution in [3.05, 3.63) is 96.1 Å². The Morgan fingerprint density at radius 3 is 2.15 bits per heavy atom. The lowest BCUT2D eigenvalue weighted by atomic mass is 9.79. The molecule has 1 heterocycles. The summed E-state index contributed by atoms with van der Waals surface area (Å²) in [5.74, 6) is 0. The molecule has 0 aromatic heterocycles. The molecule has 4 aromatic rings. The van der Waals surface area contributed by atoms with Crippen LogP contribution >= 0.6 is 0 Å². The van der Waals surface area contributed by atoms with Gasteiger partial charge in [0.2, 0.25) is 0 Å². The third kappa shape index (κ3) is 2.50. The molecule has 4 aromatic carbocycles. The van der Waals surface area contributed by atoms with Crippen LogP contribution in [0, 0.1) is 0 Å². The van der Waals surface area contributed by atoms with E-state index in [9.17, 15) is 0 Å². The molecule has 5 rings (SSSR count). The van der Waals surface area contributed by atoms with Crippen molar-refractivity contribution in [1.82, 2.24) is 0 Å². The molecule has 0 fully saturated rings. The van der Waals surface area contributed by atoms with E-state index < -0.39 is 0 Å². The predicted molar refractivity (Wildman–Crippen MR) is 117 cm³/mol. The first-order valence-corrected chi connectivity index (χ1v) is 9.42. The van der Waals surface area contributed by atoms with Gasteiger partial charge < -0.3 is 0 Å². The van der Waals surface area contributed by atoms with Gasteiger partial charge in [-0.2, -0.15) is 0 Å². The van der Waals surface area contributed by atoms with E-state index in [2.05, 4.69) is 105 Å². The Hall–Kier alpha value is -3.19. The number of hydrogen-bond acceptors (Lipinski definition) is 1. The number of hydrogen-bond donors (Lipinski definition) is 0. The molecule has 0 saturated heterocycles. The van der Waals surface area contributed by atoms with Gasteiger partial charge in [-0.3, -0.25) is 4.99 Å². The van der Waals surface area contributed by atoms with E-state index in [0.717, 1.165) is 11.4 Å². The van der Waals surface area contributed by atoms with Crippen LogP contribution in [0.5, 0.6) is 0 Å². The van der Waals surface area contributed by atoms with Crippen LogP contribution in [0.15, 0.2) is 89.9 Å². The lowest BCUT2D eigenvalue weighted by Crippen LogP contribution is -2.24. The average molecular weight is 347 g/mol. The quantitative estimate of drug-likeness (QED) is 0.368. The van der Waals surface area contributed by atoms with Crippen LogP contribution in [0.2, 0.25) is 0 Å². The van der Waals surface area contributed by atoms with E-state index in [4.69, 9.17) is 4.99 Å². The summed E-state index contributed by atoms with van der Waals surface area (Å²) in [6, 6.07) is 27.9. The van der Waals surface area contributed by atoms with Crippen molar-refractivity contribution >= 4 is 39.0 Å². The van der Waals surface area contributed by atoms with Crippen LogP contribution in [0.3, 0.4) is 0 Å². The predicted octanol–water partition coefficient (Wildman–Crippen LogP) is 7.07. The van der Waals surface area contributed by atoms with Crippen molar-refractivity contribution in [1.29, 1.82) is 0 Å². The molecule has 0 atom stereocenters. The van der Waals surface area contributed by atoms with Crippen molar-refractivity contribution in [3.8, 4) is 0 Å². The minimum absolute atomic E-state index is 0.114. The Morgan fingerprint density at radius 2 is 1.33 bits per heavy atom. The Bertz CT molecular complexity index is 1240. The SMILES string of the molecule is CC1(C)C(/C=C/c2cccc3ccccc23)=Nc2ccc3ccccc3c21. The smallest absolute Gasteiger partial charge is 0.0681 e. The Balaban J connectivity index is 1.60. The van der Waals surface area contributed by atoms with Crippen LogP contribution in [0.1, 0.15) is 25.0 Å². The fourth-order valence-electron chi connectivity index (χ4n) is 4.22. The van der Waals surface area contributed by atoms with Gasteiger partial charge in [0.05, 0.1) is 11.4 Å². The molecule has 0 amide bonds. The fourth-order valence-corrected chi connectivity index (χ4v) is 4.22. The van der Waals surface area contributed by atoms with Crippen molar-refractivity contribution in [3.63, 3.8) is 0 Å². The molecule has 0 radical (unpaired) electrons. The first-order chi connectivity index (χ1) is 13.1. The molecule has 0 saturated carbocycles. The van der Waals surface area contributed by atoms with E-state index in [1.54, 1.807) is 0 Å². The van der Waals surface area contributed by atoms with Crippen molar-refractivity contribution < 1.29 is 0 Å². The van der Waals surface area contributed by atoms with Gasteiger partial charge in [-0.1, -0.05) is 92.7 Å². The summed E-state index contributed by atoms with van der Waals surface area (Å²) in [5.41, 5.74) is 4.65. The highest BCUT2D eigenvalue weighted by molar-refractivity contribution is 6.14. The summed E-state index contributed by atoms with van der Waals surface area (Å²) >= 11 is 0. The van der Waals surface area contributed by atoms with Gasteiger partial charge >= 0.3 is 0 Å². The highest BCUT2D eigenvalue weighted by Gasteiger charge is 2.34. The maximum Gasteiger partial charge on any atom is 0.0681 e. The molecule has 130 valence electrons. The summed E-state index contributed by atoms with van der Waals surface area (Å²) in [7, 11) is 0. The number of benzene rings is 4. The van der Waals surface area contributed by atoms with Crippen LogP contribution in [0.4, 0.5) is 5.69 Å². The summed E-state index contributed by atoms with van der Waals surface area (Å²) in [5, 5.41) is 5.12. The van der Waals surface area contributed by atoms with Crippen molar-refractivity contribution in [2.45, 2.75) is 19.3 Å². The van der Waals surface area contributed by atoms with E-state index in [0.29, 0.717) is 0 Å². The normalized spacial score (nSPS) is 15.4. The first-order valence-electron chi connectivity index (χ1n) is 9.42. The highest BCUT2D eigenvalue weighted by atomic mass is 14.8. The molecule has 1 nitrogen and oxygen atoms in total. The number of fused-ring (bicyclic) bond motifs is 4. The van der Waals surface area contributed by atoms with Gasteiger partial charge in [0.15, 0.2) is 0 Å². The van der Waals surface area contributed by atoms with E-state index in [-0.39, 0.29) is 5.41 Å². The van der Waals surface area contributed by atoms with E-state index in [1.807, 2.05) is 0 Å². The summed E-state index contributed by atoms with van der Waals surface area (Å²) < 4.78 is 0. The fraction of sp³-hybridized carbons (Fsp3) is 0.115. The van der Waals surface area contributed by atoms with Gasteiger partial charge in [0.25, 0.3) is 0 Å². The minimum Gasteiger partial charge on any atom is -0.252 e. The maximum atomic E-state index is 4.98. The number of rotatable bonds is 2. The van der Waals surface area contributed by atoms with Crippen LogP contribution in [0.25, 0.3) is 27.6 Å². The number of nitrogens with zero attached hydrogens (tertiary/aromatic N) is 1. The average Bonchev–Trinajstić information content (AvgIpc) is 2.96. The van der Waals surface area contributed by atoms with Gasteiger partial charge in [0.1, 0.15) is 0 Å². The number of allylic oxidation sites excluding steroid dienone is 1. The van der Waals surface area contributed by atoms with Crippen molar-refractivity contribution in [2.24, 2.45) is 4.99 Å². The van der Waals surface area contributed by atoms with Gasteiger partial charge in [0, 0.05) is 5.41 Å². The monoisotopic (exact) mass is 347 g/mol. The molecule has 0 unspecified atom stereocenters. The zero-order valence-corrected chi connectivity index (χ0v) is 15.6. The first kappa shape index (κ1) is 16.0. The molecule has 27 heavy (non-hydrogen) atoms. The third-order valence-corrected chi connectivity index (χ3v) is 5.66. The standard InChI is InChI=1S/C26H21N/c1-26(2)24(17-15-19-11-7-10-18-8-3-5-12-21(18)19)27-23-16-14-20-9-4-6-13-22(20)25(23)26/h3-17H,1-2H3/b17-15+. The van der Waals surface area contributed by atoms with E-state index in [1.165, 1.54) is 32.7 Å². The molecule has 1 heteroatoms. The Labute approximate surface area is 159 Å². The van der Waals surface area contributed by atoms with Gasteiger partial charge in [-0.05, 0) is 44.8 Å². The van der Waals surface area contributed by atoms with Gasteiger partial charge in [-0.25, -0.2) is 0 Å². The summed E-state index contributed by atoms with van der Waals surface area (Å²) in [4.78, 5) is 4.98. The van der Waals surface area contributed by atoms with E-state index >= 15 is 0 Å². The Kier molecular flexibility index (Phi) is 3.51. The molecular formula is C26H21N. The highest BCUT2D eigenvalue weighted by Crippen LogP contribution is 2.44. The van der Waals surface area contributed by atoms with Gasteiger partial charge in [-0.15, -0.1) is 0 Å². The molecule has 1 aliphatic rings. The second-order valence-corrected chi connectivity index (χ2v) is 7.70. The lowest BCUT2D eigenvalue weighted by molar-refractivity contribution is 0.747. The largest absolute Gasteiger partial charge is 0.252 e. The zero-order chi connectivity index (χ0) is 18.4. The zero-order valence-electron chi connectivity index (χ0n) is 15.6. The van der Waals surface area contributed by atoms with Crippen LogP contribution < -0.4 is 0 Å². The summed E-state index contributed by atoms with van der Waals surface area (Å²) in [6.45, 7) is 4.55. The molecular weight excluding hydrogens is 326 g/mol. The molecule has 1 aliphatic heterocycles. The van der Waals surface area contributed by atoms with Crippen molar-refractivity contribution in [2.75, 3.05) is 0 Å². The molecule has 0 spiro atoms. The van der Waals surface area contributed by atoms with Crippen LogP contribution in [-0.2, 0) is 5.41 Å². The molecule has 0 N–H and O–H groups in total. The lowest BCUT2D eigenvalue weighted by Gasteiger charge is -2.22. The number of aliphatic imine (C=N–C) groups is 1. The minimum atomic E-state index is -0.114. The third-order valence-electron chi connectivity index (χ3n) is 5.66. The second kappa shape index (κ2) is 5.92. The Morgan fingerprint density at radius 1 is 0.667 bits per heavy atom. The van der Waals surface area contributed by atoms with Crippen LogP contribution in [-0.4, -0.2) is 5.71 Å². The summed E-state index contributed by atoms with van der Waals surface area (Å²) in [6.07, 6.45) is 4.40. The second-order valence-electron chi connectivity index (χ2n) is 7.70. The maximum absolute atomic E-state index is 4.98. The molecule has 0 aliphatic carbocycles. The molecule has 0 bridgehead atoms.